The fraction of sp³-hybridized carbons (Fsp3) is 0.333. The first-order valence-electron chi connectivity index (χ1n) is 6.16. The van der Waals surface area contributed by atoms with Gasteiger partial charge in [0, 0.05) is 11.1 Å². The standard InChI is InChI=1S/C12H15ClN6O2/c1-6-4-9(10(21-3)5-8(6)13)15-12(20)14-7(2)11-16-18-19-17-11/h4-5,7H,1-3H3,(H2,14,15,20)(H,16,17,18,19)/t7-/m0/s1. The zero-order valence-corrected chi connectivity index (χ0v) is 12.5. The van der Waals surface area contributed by atoms with Crippen LogP contribution in [0, 0.1) is 6.92 Å². The summed E-state index contributed by atoms with van der Waals surface area (Å²) in [4.78, 5) is 12.0. The van der Waals surface area contributed by atoms with Crippen molar-refractivity contribution in [3.05, 3.63) is 28.5 Å². The third-order valence-corrected chi connectivity index (χ3v) is 3.23. The van der Waals surface area contributed by atoms with E-state index in [0.717, 1.165) is 5.56 Å². The molecule has 1 aromatic carbocycles. The summed E-state index contributed by atoms with van der Waals surface area (Å²) < 4.78 is 5.19. The van der Waals surface area contributed by atoms with Crippen molar-refractivity contribution < 1.29 is 9.53 Å². The SMILES string of the molecule is COc1cc(Cl)c(C)cc1NC(=O)N[C@@H](C)c1nn[nH]n1. The third-order valence-electron chi connectivity index (χ3n) is 2.83. The number of hydrogen-bond acceptors (Lipinski definition) is 5. The van der Waals surface area contributed by atoms with Gasteiger partial charge < -0.3 is 15.4 Å². The number of rotatable bonds is 4. The Kier molecular flexibility index (Phi) is 4.59. The average molecular weight is 311 g/mol. The fourth-order valence-electron chi connectivity index (χ4n) is 1.70. The van der Waals surface area contributed by atoms with Gasteiger partial charge in [-0.05, 0) is 25.5 Å². The number of carbonyl (C=O) groups excluding carboxylic acids is 1. The summed E-state index contributed by atoms with van der Waals surface area (Å²) in [6.07, 6.45) is 0. The highest BCUT2D eigenvalue weighted by molar-refractivity contribution is 6.31. The summed E-state index contributed by atoms with van der Waals surface area (Å²) in [5.74, 6) is 0.873. The van der Waals surface area contributed by atoms with Gasteiger partial charge in [-0.25, -0.2) is 4.79 Å². The molecule has 112 valence electrons. The van der Waals surface area contributed by atoms with Gasteiger partial charge in [-0.3, -0.25) is 0 Å². The van der Waals surface area contributed by atoms with Crippen molar-refractivity contribution in [2.24, 2.45) is 0 Å². The van der Waals surface area contributed by atoms with Crippen LogP contribution in [0.5, 0.6) is 5.75 Å². The topological polar surface area (TPSA) is 105 Å². The second-order valence-corrected chi connectivity index (χ2v) is 4.80. The second kappa shape index (κ2) is 6.40. The number of nitrogens with one attached hydrogen (secondary N) is 3. The molecule has 2 amide bonds. The van der Waals surface area contributed by atoms with Crippen molar-refractivity contribution in [2.75, 3.05) is 12.4 Å². The summed E-state index contributed by atoms with van der Waals surface area (Å²) in [6.45, 7) is 3.58. The van der Waals surface area contributed by atoms with E-state index >= 15 is 0 Å². The number of amides is 2. The van der Waals surface area contributed by atoms with Crippen molar-refractivity contribution in [3.63, 3.8) is 0 Å². The Bertz CT molecular complexity index is 631. The van der Waals surface area contributed by atoms with Crippen LogP contribution in [0.25, 0.3) is 0 Å². The Morgan fingerprint density at radius 1 is 1.48 bits per heavy atom. The van der Waals surface area contributed by atoms with Gasteiger partial charge in [0.05, 0.1) is 18.8 Å². The minimum atomic E-state index is -0.410. The minimum absolute atomic E-state index is 0.386. The second-order valence-electron chi connectivity index (χ2n) is 4.39. The molecule has 0 aliphatic rings. The number of carbonyl (C=O) groups is 1. The fourth-order valence-corrected chi connectivity index (χ4v) is 1.86. The van der Waals surface area contributed by atoms with Crippen molar-refractivity contribution in [2.45, 2.75) is 19.9 Å². The number of benzene rings is 1. The molecule has 8 nitrogen and oxygen atoms in total. The van der Waals surface area contributed by atoms with Crippen molar-refractivity contribution in [3.8, 4) is 5.75 Å². The van der Waals surface area contributed by atoms with E-state index < -0.39 is 6.03 Å². The summed E-state index contributed by atoms with van der Waals surface area (Å²) in [7, 11) is 1.51. The van der Waals surface area contributed by atoms with Gasteiger partial charge in [0.2, 0.25) is 0 Å². The molecule has 1 heterocycles. The van der Waals surface area contributed by atoms with Gasteiger partial charge in [0.1, 0.15) is 5.75 Å². The first-order chi connectivity index (χ1) is 10.0. The van der Waals surface area contributed by atoms with Crippen LogP contribution < -0.4 is 15.4 Å². The number of ether oxygens (including phenoxy) is 1. The molecule has 0 aliphatic carbocycles. The van der Waals surface area contributed by atoms with Gasteiger partial charge in [-0.2, -0.15) is 5.21 Å². The Morgan fingerprint density at radius 2 is 2.24 bits per heavy atom. The number of aromatic nitrogens is 4. The van der Waals surface area contributed by atoms with Gasteiger partial charge in [-0.1, -0.05) is 16.8 Å². The number of tetrazole rings is 1. The summed E-state index contributed by atoms with van der Waals surface area (Å²) in [6, 6.07) is 2.59. The lowest BCUT2D eigenvalue weighted by atomic mass is 10.2. The smallest absolute Gasteiger partial charge is 0.319 e. The molecule has 3 N–H and O–H groups in total. The maximum atomic E-state index is 12.0. The zero-order valence-electron chi connectivity index (χ0n) is 11.8. The van der Waals surface area contributed by atoms with Crippen LogP contribution in [0.1, 0.15) is 24.4 Å². The van der Waals surface area contributed by atoms with E-state index in [0.29, 0.717) is 22.3 Å². The molecule has 0 bridgehead atoms. The molecule has 0 saturated heterocycles. The van der Waals surface area contributed by atoms with Gasteiger partial charge >= 0.3 is 6.03 Å². The maximum absolute atomic E-state index is 12.0. The normalized spacial score (nSPS) is 11.8. The number of anilines is 1. The van der Waals surface area contributed by atoms with Gasteiger partial charge in [-0.15, -0.1) is 10.2 Å². The first-order valence-corrected chi connectivity index (χ1v) is 6.54. The minimum Gasteiger partial charge on any atom is -0.495 e. The largest absolute Gasteiger partial charge is 0.495 e. The van der Waals surface area contributed by atoms with Crippen LogP contribution in [-0.2, 0) is 0 Å². The van der Waals surface area contributed by atoms with E-state index in [1.54, 1.807) is 19.1 Å². The molecule has 0 radical (unpaired) electrons. The molecule has 1 atom stereocenters. The summed E-state index contributed by atoms with van der Waals surface area (Å²) in [5, 5.41) is 19.3. The molecule has 0 unspecified atom stereocenters. The van der Waals surface area contributed by atoms with E-state index in [4.69, 9.17) is 16.3 Å². The highest BCUT2D eigenvalue weighted by Crippen LogP contribution is 2.30. The Labute approximate surface area is 126 Å². The molecule has 0 saturated carbocycles. The van der Waals surface area contributed by atoms with Gasteiger partial charge in [0.25, 0.3) is 0 Å². The molecule has 0 fully saturated rings. The first kappa shape index (κ1) is 15.0. The molecule has 0 spiro atoms. The highest BCUT2D eigenvalue weighted by Gasteiger charge is 2.15. The summed E-state index contributed by atoms with van der Waals surface area (Å²) >= 11 is 6.02. The number of nitrogens with zero attached hydrogens (tertiary/aromatic N) is 3. The van der Waals surface area contributed by atoms with E-state index in [-0.39, 0.29) is 6.04 Å². The van der Waals surface area contributed by atoms with Crippen LogP contribution in [0.15, 0.2) is 12.1 Å². The lowest BCUT2D eigenvalue weighted by Crippen LogP contribution is -2.31. The van der Waals surface area contributed by atoms with E-state index in [1.807, 2.05) is 6.92 Å². The number of methoxy groups -OCH3 is 1. The lowest BCUT2D eigenvalue weighted by molar-refractivity contribution is 0.249. The van der Waals surface area contributed by atoms with Crippen LogP contribution >= 0.6 is 11.6 Å². The molecular formula is C12H15ClN6O2. The van der Waals surface area contributed by atoms with E-state index in [2.05, 4.69) is 31.3 Å². The van der Waals surface area contributed by atoms with E-state index in [1.165, 1.54) is 7.11 Å². The predicted molar refractivity (Wildman–Crippen MR) is 77.5 cm³/mol. The van der Waals surface area contributed by atoms with Crippen LogP contribution in [0.2, 0.25) is 5.02 Å². The third kappa shape index (κ3) is 3.60. The lowest BCUT2D eigenvalue weighted by Gasteiger charge is -2.14. The maximum Gasteiger partial charge on any atom is 0.319 e. The monoisotopic (exact) mass is 310 g/mol. The quantitative estimate of drug-likeness (QED) is 0.801. The van der Waals surface area contributed by atoms with Crippen molar-refractivity contribution >= 4 is 23.3 Å². The number of aryl methyl sites for hydroxylation is 1. The van der Waals surface area contributed by atoms with Crippen LogP contribution in [-0.4, -0.2) is 33.8 Å². The number of urea groups is 1. The highest BCUT2D eigenvalue weighted by atomic mass is 35.5. The van der Waals surface area contributed by atoms with E-state index in [9.17, 15) is 4.79 Å². The molecule has 9 heteroatoms. The molecule has 2 rings (SSSR count). The van der Waals surface area contributed by atoms with Crippen molar-refractivity contribution in [1.82, 2.24) is 25.9 Å². The molecular weight excluding hydrogens is 296 g/mol. The predicted octanol–water partition coefficient (Wildman–Crippen LogP) is 2.05. The Morgan fingerprint density at radius 3 is 2.86 bits per heavy atom. The molecule has 0 aliphatic heterocycles. The van der Waals surface area contributed by atoms with Crippen LogP contribution in [0.4, 0.5) is 10.5 Å². The number of halogens is 1. The van der Waals surface area contributed by atoms with Crippen molar-refractivity contribution in [1.29, 1.82) is 0 Å². The zero-order chi connectivity index (χ0) is 15.4. The van der Waals surface area contributed by atoms with Gasteiger partial charge in [0.15, 0.2) is 5.82 Å². The average Bonchev–Trinajstić information content (AvgIpc) is 2.96. The number of hydrogen-bond donors (Lipinski definition) is 3. The molecule has 1 aromatic heterocycles. The van der Waals surface area contributed by atoms with Crippen LogP contribution in [0.3, 0.4) is 0 Å². The number of aromatic amines is 1. The Balaban J connectivity index is 2.07. The summed E-state index contributed by atoms with van der Waals surface area (Å²) in [5.41, 5.74) is 1.36. The molecule has 21 heavy (non-hydrogen) atoms. The molecule has 2 aromatic rings. The Hall–Kier alpha value is -2.35. The number of H-pyrrole nitrogens is 1.